The number of hydrogen-bond acceptors (Lipinski definition) is 5. The smallest absolute Gasteiger partial charge is 0.289 e. The van der Waals surface area contributed by atoms with Crippen LogP contribution in [0.3, 0.4) is 0 Å². The number of hydrogen-bond donors (Lipinski definition) is 2. The molecule has 144 valence electrons. The van der Waals surface area contributed by atoms with Crippen LogP contribution in [0.1, 0.15) is 23.4 Å². The van der Waals surface area contributed by atoms with Crippen LogP contribution in [0.5, 0.6) is 0 Å². The highest BCUT2D eigenvalue weighted by Gasteiger charge is 2.29. The van der Waals surface area contributed by atoms with E-state index >= 15 is 0 Å². The van der Waals surface area contributed by atoms with Gasteiger partial charge < -0.3 is 14.6 Å². The Morgan fingerprint density at radius 2 is 1.96 bits per heavy atom. The molecule has 2 N–H and O–H groups in total. The Labute approximate surface area is 157 Å². The standard InChI is InChI=1S/C18H21N3O5S/c1-27(24,25)20-15-7-2-6-14(11-15)19-17(22)13-5-3-9-21(12-13)18(23)16-8-4-10-26-16/h2,4,6-8,10-11,13,20H,3,5,9,12H2,1H3,(H,19,22)/t13-/m1/s1. The van der Waals surface area contributed by atoms with E-state index in [0.29, 0.717) is 30.9 Å². The first-order valence-electron chi connectivity index (χ1n) is 8.53. The van der Waals surface area contributed by atoms with Gasteiger partial charge in [0, 0.05) is 18.8 Å². The number of nitrogens with zero attached hydrogens (tertiary/aromatic N) is 1. The van der Waals surface area contributed by atoms with Crippen LogP contribution in [0.25, 0.3) is 0 Å². The number of piperidine rings is 1. The van der Waals surface area contributed by atoms with Gasteiger partial charge in [-0.1, -0.05) is 6.07 Å². The highest BCUT2D eigenvalue weighted by Crippen LogP contribution is 2.22. The molecule has 1 fully saturated rings. The summed E-state index contributed by atoms with van der Waals surface area (Å²) in [6, 6.07) is 9.73. The van der Waals surface area contributed by atoms with E-state index in [4.69, 9.17) is 4.42 Å². The minimum Gasteiger partial charge on any atom is -0.459 e. The van der Waals surface area contributed by atoms with Crippen LogP contribution >= 0.6 is 0 Å². The molecular formula is C18H21N3O5S. The summed E-state index contributed by atoms with van der Waals surface area (Å²) in [7, 11) is -3.40. The molecule has 9 heteroatoms. The maximum absolute atomic E-state index is 12.6. The molecule has 0 aliphatic carbocycles. The fourth-order valence-corrected chi connectivity index (χ4v) is 3.61. The third kappa shape index (κ3) is 5.10. The van der Waals surface area contributed by atoms with Crippen molar-refractivity contribution in [2.24, 2.45) is 5.92 Å². The Morgan fingerprint density at radius 3 is 2.67 bits per heavy atom. The molecule has 0 bridgehead atoms. The fraction of sp³-hybridized carbons (Fsp3) is 0.333. The summed E-state index contributed by atoms with van der Waals surface area (Å²) >= 11 is 0. The Morgan fingerprint density at radius 1 is 1.19 bits per heavy atom. The van der Waals surface area contributed by atoms with Crippen molar-refractivity contribution in [3.05, 3.63) is 48.4 Å². The Bertz CT molecular complexity index is 924. The number of sulfonamides is 1. The average molecular weight is 391 g/mol. The Hall–Kier alpha value is -2.81. The molecule has 1 saturated heterocycles. The van der Waals surface area contributed by atoms with Crippen LogP contribution in [0, 0.1) is 5.92 Å². The third-order valence-corrected chi connectivity index (χ3v) is 4.85. The number of furan rings is 1. The molecule has 3 rings (SSSR count). The van der Waals surface area contributed by atoms with Crippen LogP contribution in [-0.2, 0) is 14.8 Å². The zero-order valence-corrected chi connectivity index (χ0v) is 15.7. The van der Waals surface area contributed by atoms with Crippen LogP contribution in [-0.4, -0.2) is 44.5 Å². The minimum atomic E-state index is -3.40. The lowest BCUT2D eigenvalue weighted by molar-refractivity contribution is -0.121. The highest BCUT2D eigenvalue weighted by molar-refractivity contribution is 7.92. The first-order valence-corrected chi connectivity index (χ1v) is 10.4. The van der Waals surface area contributed by atoms with Gasteiger partial charge in [-0.25, -0.2) is 8.42 Å². The monoisotopic (exact) mass is 391 g/mol. The van der Waals surface area contributed by atoms with Gasteiger partial charge in [0.25, 0.3) is 5.91 Å². The summed E-state index contributed by atoms with van der Waals surface area (Å²) in [6.07, 6.45) is 3.90. The van der Waals surface area contributed by atoms with E-state index in [1.807, 2.05) is 0 Å². The van der Waals surface area contributed by atoms with Gasteiger partial charge >= 0.3 is 0 Å². The fourth-order valence-electron chi connectivity index (χ4n) is 3.05. The van der Waals surface area contributed by atoms with Gasteiger partial charge in [0.15, 0.2) is 5.76 Å². The second-order valence-corrected chi connectivity index (χ2v) is 8.26. The first-order chi connectivity index (χ1) is 12.8. The molecule has 1 atom stereocenters. The zero-order chi connectivity index (χ0) is 19.4. The number of carbonyl (C=O) groups excluding carboxylic acids is 2. The van der Waals surface area contributed by atoms with Crippen molar-refractivity contribution in [3.63, 3.8) is 0 Å². The van der Waals surface area contributed by atoms with Crippen molar-refractivity contribution in [2.75, 3.05) is 29.4 Å². The van der Waals surface area contributed by atoms with E-state index in [2.05, 4.69) is 10.0 Å². The van der Waals surface area contributed by atoms with Crippen molar-refractivity contribution in [3.8, 4) is 0 Å². The number of carbonyl (C=O) groups is 2. The molecule has 0 spiro atoms. The van der Waals surface area contributed by atoms with Crippen LogP contribution in [0.2, 0.25) is 0 Å². The molecule has 1 aliphatic rings. The summed E-state index contributed by atoms with van der Waals surface area (Å²) in [5, 5.41) is 2.80. The molecule has 1 aromatic carbocycles. The van der Waals surface area contributed by atoms with Crippen molar-refractivity contribution in [1.29, 1.82) is 0 Å². The van der Waals surface area contributed by atoms with Crippen molar-refractivity contribution < 1.29 is 22.4 Å². The topological polar surface area (TPSA) is 109 Å². The average Bonchev–Trinajstić information content (AvgIpc) is 3.14. The number of likely N-dealkylation sites (tertiary alicyclic amines) is 1. The SMILES string of the molecule is CS(=O)(=O)Nc1cccc(NC(=O)[C@@H]2CCCN(C(=O)c3ccco3)C2)c1. The second kappa shape index (κ2) is 7.83. The summed E-state index contributed by atoms with van der Waals surface area (Å²) in [4.78, 5) is 26.6. The number of rotatable bonds is 5. The molecule has 0 unspecified atom stereocenters. The molecule has 2 heterocycles. The van der Waals surface area contributed by atoms with Gasteiger partial charge in [0.05, 0.1) is 24.1 Å². The zero-order valence-electron chi connectivity index (χ0n) is 14.8. The van der Waals surface area contributed by atoms with Gasteiger partial charge in [-0.2, -0.15) is 0 Å². The van der Waals surface area contributed by atoms with E-state index < -0.39 is 10.0 Å². The number of benzene rings is 1. The number of anilines is 2. The largest absolute Gasteiger partial charge is 0.459 e. The van der Waals surface area contributed by atoms with E-state index in [1.54, 1.807) is 41.3 Å². The third-order valence-electron chi connectivity index (χ3n) is 4.24. The number of amides is 2. The second-order valence-electron chi connectivity index (χ2n) is 6.51. The molecule has 8 nitrogen and oxygen atoms in total. The maximum Gasteiger partial charge on any atom is 0.289 e. The lowest BCUT2D eigenvalue weighted by Gasteiger charge is -2.31. The summed E-state index contributed by atoms with van der Waals surface area (Å²) in [5.74, 6) is -0.514. The molecule has 1 aromatic heterocycles. The molecule has 2 amide bonds. The number of nitrogens with one attached hydrogen (secondary N) is 2. The predicted molar refractivity (Wildman–Crippen MR) is 101 cm³/mol. The van der Waals surface area contributed by atoms with Crippen LogP contribution in [0.4, 0.5) is 11.4 Å². The van der Waals surface area contributed by atoms with E-state index in [9.17, 15) is 18.0 Å². The maximum atomic E-state index is 12.6. The molecule has 1 aliphatic heterocycles. The minimum absolute atomic E-state index is 0.205. The van der Waals surface area contributed by atoms with Crippen LogP contribution in [0.15, 0.2) is 47.1 Å². The van der Waals surface area contributed by atoms with Gasteiger partial charge in [-0.15, -0.1) is 0 Å². The lowest BCUT2D eigenvalue weighted by atomic mass is 9.96. The molecule has 0 radical (unpaired) electrons. The van der Waals surface area contributed by atoms with Gasteiger partial charge in [-0.05, 0) is 43.2 Å². The summed E-state index contributed by atoms with van der Waals surface area (Å²) < 4.78 is 30.2. The van der Waals surface area contributed by atoms with Gasteiger partial charge in [0.1, 0.15) is 0 Å². The van der Waals surface area contributed by atoms with Gasteiger partial charge in [-0.3, -0.25) is 14.3 Å². The first kappa shape index (κ1) is 19.0. The highest BCUT2D eigenvalue weighted by atomic mass is 32.2. The van der Waals surface area contributed by atoms with E-state index in [-0.39, 0.29) is 23.5 Å². The molecule has 0 saturated carbocycles. The van der Waals surface area contributed by atoms with Crippen molar-refractivity contribution in [2.45, 2.75) is 12.8 Å². The van der Waals surface area contributed by atoms with E-state index in [0.717, 1.165) is 12.7 Å². The van der Waals surface area contributed by atoms with Crippen molar-refractivity contribution in [1.82, 2.24) is 4.90 Å². The Kier molecular flexibility index (Phi) is 5.50. The lowest BCUT2D eigenvalue weighted by Crippen LogP contribution is -2.43. The van der Waals surface area contributed by atoms with Crippen molar-refractivity contribution >= 4 is 33.2 Å². The van der Waals surface area contributed by atoms with Crippen LogP contribution < -0.4 is 10.0 Å². The van der Waals surface area contributed by atoms with Gasteiger partial charge in [0.2, 0.25) is 15.9 Å². The molecular weight excluding hydrogens is 370 g/mol. The molecule has 2 aromatic rings. The van der Waals surface area contributed by atoms with E-state index in [1.165, 1.54) is 6.26 Å². The summed E-state index contributed by atoms with van der Waals surface area (Å²) in [5.41, 5.74) is 0.858. The summed E-state index contributed by atoms with van der Waals surface area (Å²) in [6.45, 7) is 0.893. The quantitative estimate of drug-likeness (QED) is 0.812. The normalized spacial score (nSPS) is 17.4. The predicted octanol–water partition coefficient (Wildman–Crippen LogP) is 2.14. The molecule has 27 heavy (non-hydrogen) atoms. The Balaban J connectivity index is 1.64.